The number of amides is 2. The van der Waals surface area contributed by atoms with Gasteiger partial charge in [0.05, 0.1) is 0 Å². The Hall–Kier alpha value is -1.26. The second-order valence-corrected chi connectivity index (χ2v) is 9.07. The molecule has 2 amide bonds. The van der Waals surface area contributed by atoms with E-state index in [4.69, 9.17) is 4.74 Å². The molecule has 0 saturated heterocycles. The highest BCUT2D eigenvalue weighted by molar-refractivity contribution is 5.82. The fourth-order valence-corrected chi connectivity index (χ4v) is 4.28. The quantitative estimate of drug-likeness (QED) is 0.867. The van der Waals surface area contributed by atoms with E-state index in [1.165, 1.54) is 11.3 Å². The van der Waals surface area contributed by atoms with Gasteiger partial charge in [-0.2, -0.15) is 0 Å². The van der Waals surface area contributed by atoms with Crippen molar-refractivity contribution in [2.45, 2.75) is 72.4 Å². The predicted octanol–water partition coefficient (Wildman–Crippen LogP) is 3.18. The SMILES string of the molecule is CN(CC(=O)N[C@@H]1C[C@H]2CC[C@@]1(C)C2(C)C)C(=O)OC(C)(C)C. The molecule has 132 valence electrons. The van der Waals surface area contributed by atoms with Crippen LogP contribution in [0.2, 0.25) is 0 Å². The maximum absolute atomic E-state index is 12.3. The Labute approximate surface area is 140 Å². The molecule has 2 bridgehead atoms. The van der Waals surface area contributed by atoms with Crippen LogP contribution in [0.25, 0.3) is 0 Å². The van der Waals surface area contributed by atoms with Crippen molar-refractivity contribution in [1.29, 1.82) is 0 Å². The molecule has 5 nitrogen and oxygen atoms in total. The van der Waals surface area contributed by atoms with Crippen LogP contribution >= 0.6 is 0 Å². The topological polar surface area (TPSA) is 58.6 Å². The number of hydrogen-bond donors (Lipinski definition) is 1. The second kappa shape index (κ2) is 5.67. The Morgan fingerprint density at radius 3 is 2.30 bits per heavy atom. The molecule has 0 aromatic heterocycles. The second-order valence-electron chi connectivity index (χ2n) is 9.07. The van der Waals surface area contributed by atoms with Crippen LogP contribution in [-0.4, -0.2) is 42.1 Å². The number of likely N-dealkylation sites (N-methyl/N-ethyl adjacent to an activating group) is 1. The Morgan fingerprint density at radius 1 is 1.26 bits per heavy atom. The summed E-state index contributed by atoms with van der Waals surface area (Å²) in [4.78, 5) is 25.6. The maximum atomic E-state index is 12.3. The number of hydrogen-bond acceptors (Lipinski definition) is 3. The Morgan fingerprint density at radius 2 is 1.87 bits per heavy atom. The number of ether oxygens (including phenoxy) is 1. The zero-order chi connectivity index (χ0) is 17.6. The third kappa shape index (κ3) is 3.33. The molecular weight excluding hydrogens is 292 g/mol. The van der Waals surface area contributed by atoms with E-state index in [-0.39, 0.29) is 29.3 Å². The molecule has 0 aromatic rings. The number of nitrogens with one attached hydrogen (secondary N) is 1. The van der Waals surface area contributed by atoms with Crippen LogP contribution < -0.4 is 5.32 Å². The highest BCUT2D eigenvalue weighted by atomic mass is 16.6. The number of fused-ring (bicyclic) bond motifs is 2. The Bertz CT molecular complexity index is 495. The fraction of sp³-hybridized carbons (Fsp3) is 0.889. The molecule has 0 heterocycles. The molecule has 2 aliphatic carbocycles. The van der Waals surface area contributed by atoms with Gasteiger partial charge in [0.25, 0.3) is 0 Å². The maximum Gasteiger partial charge on any atom is 0.410 e. The monoisotopic (exact) mass is 324 g/mol. The van der Waals surface area contributed by atoms with Gasteiger partial charge in [-0.05, 0) is 56.8 Å². The molecule has 2 saturated carbocycles. The van der Waals surface area contributed by atoms with Gasteiger partial charge in [-0.1, -0.05) is 20.8 Å². The van der Waals surface area contributed by atoms with E-state index >= 15 is 0 Å². The molecule has 0 aromatic carbocycles. The van der Waals surface area contributed by atoms with Crippen LogP contribution in [0.3, 0.4) is 0 Å². The highest BCUT2D eigenvalue weighted by Gasteiger charge is 2.61. The summed E-state index contributed by atoms with van der Waals surface area (Å²) in [7, 11) is 1.60. The highest BCUT2D eigenvalue weighted by Crippen LogP contribution is 2.65. The lowest BCUT2D eigenvalue weighted by atomic mass is 9.69. The lowest BCUT2D eigenvalue weighted by Gasteiger charge is -2.39. The average molecular weight is 324 g/mol. The summed E-state index contributed by atoms with van der Waals surface area (Å²) in [5.41, 5.74) is -0.135. The average Bonchev–Trinajstić information content (AvgIpc) is 2.69. The standard InChI is InChI=1S/C18H32N2O3/c1-16(2,3)23-15(22)20(7)11-14(21)19-13-10-12-8-9-18(13,6)17(12,4)5/h12-13H,8-11H2,1-7H3,(H,19,21)/t12-,13-,18-/m1/s1. The van der Waals surface area contributed by atoms with Crippen LogP contribution in [0.4, 0.5) is 4.79 Å². The summed E-state index contributed by atoms with van der Waals surface area (Å²) in [5.74, 6) is 0.578. The fourth-order valence-electron chi connectivity index (χ4n) is 4.28. The van der Waals surface area contributed by atoms with Crippen LogP contribution in [0.1, 0.15) is 60.8 Å². The number of carbonyl (C=O) groups excluding carboxylic acids is 2. The molecule has 2 fully saturated rings. The van der Waals surface area contributed by atoms with Gasteiger partial charge in [0.1, 0.15) is 12.1 Å². The van der Waals surface area contributed by atoms with Crippen molar-refractivity contribution in [3.63, 3.8) is 0 Å². The molecule has 0 unspecified atom stereocenters. The smallest absolute Gasteiger partial charge is 0.410 e. The Kier molecular flexibility index (Phi) is 4.46. The van der Waals surface area contributed by atoms with Crippen molar-refractivity contribution in [2.24, 2.45) is 16.7 Å². The third-order valence-corrected chi connectivity index (χ3v) is 6.22. The van der Waals surface area contributed by atoms with Crippen molar-refractivity contribution < 1.29 is 14.3 Å². The molecule has 3 atom stereocenters. The lowest BCUT2D eigenvalue weighted by Crippen LogP contribution is -2.50. The molecule has 2 aliphatic rings. The molecular formula is C18H32N2O3. The van der Waals surface area contributed by atoms with Crippen LogP contribution in [-0.2, 0) is 9.53 Å². The minimum absolute atomic E-state index is 0.0343. The summed E-state index contributed by atoms with van der Waals surface area (Å²) >= 11 is 0. The summed E-state index contributed by atoms with van der Waals surface area (Å²) in [6.45, 7) is 12.4. The van der Waals surface area contributed by atoms with E-state index in [2.05, 4.69) is 26.1 Å². The molecule has 2 rings (SSSR count). The lowest BCUT2D eigenvalue weighted by molar-refractivity contribution is -0.123. The van der Waals surface area contributed by atoms with Gasteiger partial charge >= 0.3 is 6.09 Å². The van der Waals surface area contributed by atoms with Gasteiger partial charge in [0, 0.05) is 13.1 Å². The Balaban J connectivity index is 1.90. The van der Waals surface area contributed by atoms with Crippen molar-refractivity contribution in [3.8, 4) is 0 Å². The number of carbonyl (C=O) groups is 2. The van der Waals surface area contributed by atoms with E-state index in [0.717, 1.165) is 12.8 Å². The molecule has 1 N–H and O–H groups in total. The third-order valence-electron chi connectivity index (χ3n) is 6.22. The van der Waals surface area contributed by atoms with Crippen LogP contribution in [0, 0.1) is 16.7 Å². The minimum Gasteiger partial charge on any atom is -0.444 e. The largest absolute Gasteiger partial charge is 0.444 e. The van der Waals surface area contributed by atoms with Gasteiger partial charge in [-0.15, -0.1) is 0 Å². The first kappa shape index (κ1) is 18.1. The molecule has 0 radical (unpaired) electrons. The summed E-state index contributed by atoms with van der Waals surface area (Å²) in [6, 6.07) is 0.204. The van der Waals surface area contributed by atoms with Crippen molar-refractivity contribution in [3.05, 3.63) is 0 Å². The van der Waals surface area contributed by atoms with E-state index in [1.807, 2.05) is 20.8 Å². The van der Waals surface area contributed by atoms with Crippen molar-refractivity contribution >= 4 is 12.0 Å². The summed E-state index contributed by atoms with van der Waals surface area (Å²) in [5, 5.41) is 3.17. The molecule has 0 aliphatic heterocycles. The van der Waals surface area contributed by atoms with Gasteiger partial charge in [-0.3, -0.25) is 4.79 Å². The normalized spacial score (nSPS) is 31.8. The van der Waals surface area contributed by atoms with Gasteiger partial charge in [0.15, 0.2) is 0 Å². The van der Waals surface area contributed by atoms with E-state index < -0.39 is 11.7 Å². The van der Waals surface area contributed by atoms with Crippen LogP contribution in [0.15, 0.2) is 0 Å². The van der Waals surface area contributed by atoms with Gasteiger partial charge in [-0.25, -0.2) is 4.79 Å². The number of nitrogens with zero attached hydrogens (tertiary/aromatic N) is 1. The molecule has 0 spiro atoms. The van der Waals surface area contributed by atoms with E-state index in [1.54, 1.807) is 7.05 Å². The summed E-state index contributed by atoms with van der Waals surface area (Å²) in [6.07, 6.45) is 3.00. The van der Waals surface area contributed by atoms with E-state index in [9.17, 15) is 9.59 Å². The van der Waals surface area contributed by atoms with E-state index in [0.29, 0.717) is 5.92 Å². The number of rotatable bonds is 3. The van der Waals surface area contributed by atoms with Gasteiger partial charge < -0.3 is 15.0 Å². The first-order valence-corrected chi connectivity index (χ1v) is 8.60. The first-order valence-electron chi connectivity index (χ1n) is 8.60. The molecule has 5 heteroatoms. The predicted molar refractivity (Wildman–Crippen MR) is 90.0 cm³/mol. The van der Waals surface area contributed by atoms with Gasteiger partial charge in [0.2, 0.25) is 5.91 Å². The first-order chi connectivity index (χ1) is 10.4. The van der Waals surface area contributed by atoms with Crippen molar-refractivity contribution in [1.82, 2.24) is 10.2 Å². The zero-order valence-electron chi connectivity index (χ0n) is 15.7. The van der Waals surface area contributed by atoms with Crippen molar-refractivity contribution in [2.75, 3.05) is 13.6 Å². The molecule has 23 heavy (non-hydrogen) atoms. The summed E-state index contributed by atoms with van der Waals surface area (Å²) < 4.78 is 5.28. The minimum atomic E-state index is -0.552. The zero-order valence-corrected chi connectivity index (χ0v) is 15.7. The van der Waals surface area contributed by atoms with Crippen LogP contribution in [0.5, 0.6) is 0 Å².